The van der Waals surface area contributed by atoms with Crippen LogP contribution in [0, 0.1) is 6.92 Å². The Morgan fingerprint density at radius 1 is 1.18 bits per heavy atom. The second-order valence-electron chi connectivity index (χ2n) is 6.11. The van der Waals surface area contributed by atoms with Gasteiger partial charge in [0.05, 0.1) is 12.2 Å². The summed E-state index contributed by atoms with van der Waals surface area (Å²) in [7, 11) is 1.75. The summed E-state index contributed by atoms with van der Waals surface area (Å²) in [5, 5.41) is 6.62. The van der Waals surface area contributed by atoms with E-state index >= 15 is 0 Å². The average Bonchev–Trinajstić information content (AvgIpc) is 3.12. The molecule has 0 fully saturated rings. The topological polar surface area (TPSA) is 63.0 Å². The van der Waals surface area contributed by atoms with Crippen molar-refractivity contribution >= 4 is 35.6 Å². The number of hydrogen-bond donors (Lipinski definition) is 2. The van der Waals surface area contributed by atoms with Gasteiger partial charge < -0.3 is 19.8 Å². The van der Waals surface area contributed by atoms with Crippen molar-refractivity contribution < 1.29 is 4.74 Å². The molecule has 0 atom stereocenters. The number of fused-ring (bicyclic) bond motifs is 1. The Hall–Kier alpha value is -2.55. The van der Waals surface area contributed by atoms with Crippen LogP contribution in [0.15, 0.2) is 66.3 Å². The van der Waals surface area contributed by atoms with Gasteiger partial charge in [-0.1, -0.05) is 36.9 Å². The van der Waals surface area contributed by atoms with Crippen molar-refractivity contribution in [2.75, 3.05) is 13.7 Å². The number of hydrogen-bond acceptors (Lipinski definition) is 3. The Balaban J connectivity index is 0.00000280. The van der Waals surface area contributed by atoms with Gasteiger partial charge in [-0.3, -0.25) is 4.99 Å². The van der Waals surface area contributed by atoms with E-state index in [9.17, 15) is 0 Å². The van der Waals surface area contributed by atoms with E-state index in [2.05, 4.69) is 44.6 Å². The monoisotopic (exact) mass is 491 g/mol. The molecule has 0 unspecified atom stereocenters. The Morgan fingerprint density at radius 3 is 2.71 bits per heavy atom. The Labute approximate surface area is 182 Å². The minimum Gasteiger partial charge on any atom is -0.489 e. The zero-order valence-electron chi connectivity index (χ0n) is 16.2. The van der Waals surface area contributed by atoms with Gasteiger partial charge in [-0.05, 0) is 25.1 Å². The highest BCUT2D eigenvalue weighted by molar-refractivity contribution is 14.0. The molecule has 0 amide bonds. The van der Waals surface area contributed by atoms with E-state index in [-0.39, 0.29) is 24.0 Å². The van der Waals surface area contributed by atoms with Crippen LogP contribution in [-0.4, -0.2) is 29.0 Å². The number of halogens is 1. The van der Waals surface area contributed by atoms with Crippen LogP contribution in [0.4, 0.5) is 0 Å². The molecule has 0 saturated heterocycles. The average molecular weight is 491 g/mol. The first kappa shape index (κ1) is 21.7. The van der Waals surface area contributed by atoms with E-state index in [0.29, 0.717) is 25.7 Å². The number of imidazole rings is 1. The van der Waals surface area contributed by atoms with Gasteiger partial charge >= 0.3 is 0 Å². The summed E-state index contributed by atoms with van der Waals surface area (Å²) in [6.45, 7) is 7.44. The lowest BCUT2D eigenvalue weighted by atomic mass is 10.2. The number of para-hydroxylation sites is 1. The standard InChI is InChI=1S/C21H25N5O.HI/c1-4-12-27-19-10-6-5-9-17(19)13-23-21(22-3)24-14-18-15-26-16(2)8-7-11-20(26)25-18;/h4-11,15H,1,12-14H2,2-3H3,(H2,22,23,24);1H. The minimum atomic E-state index is 0. The summed E-state index contributed by atoms with van der Waals surface area (Å²) in [5.41, 5.74) is 4.13. The number of guanidine groups is 1. The summed E-state index contributed by atoms with van der Waals surface area (Å²) in [6.07, 6.45) is 3.78. The van der Waals surface area contributed by atoms with Crippen LogP contribution in [0.1, 0.15) is 17.0 Å². The lowest BCUT2D eigenvalue weighted by Gasteiger charge is -2.14. The number of pyridine rings is 1. The van der Waals surface area contributed by atoms with Crippen molar-refractivity contribution in [2.45, 2.75) is 20.0 Å². The van der Waals surface area contributed by atoms with Crippen molar-refractivity contribution in [2.24, 2.45) is 4.99 Å². The van der Waals surface area contributed by atoms with Crippen molar-refractivity contribution in [1.29, 1.82) is 0 Å². The summed E-state index contributed by atoms with van der Waals surface area (Å²) < 4.78 is 7.78. The lowest BCUT2D eigenvalue weighted by molar-refractivity contribution is 0.358. The molecule has 0 radical (unpaired) electrons. The van der Waals surface area contributed by atoms with Gasteiger partial charge in [-0.15, -0.1) is 24.0 Å². The number of ether oxygens (including phenoxy) is 1. The normalized spacial score (nSPS) is 11.0. The number of aliphatic imine (C=N–C) groups is 1. The quantitative estimate of drug-likeness (QED) is 0.229. The molecule has 1 aromatic carbocycles. The second kappa shape index (κ2) is 10.7. The molecule has 0 aliphatic rings. The van der Waals surface area contributed by atoms with Crippen molar-refractivity contribution in [1.82, 2.24) is 20.0 Å². The SMILES string of the molecule is C=CCOc1ccccc1CNC(=NC)NCc1cn2c(C)cccc2n1.I. The van der Waals surface area contributed by atoms with Gasteiger partial charge in [0.2, 0.25) is 0 Å². The number of aromatic nitrogens is 2. The van der Waals surface area contributed by atoms with Crippen molar-refractivity contribution in [3.63, 3.8) is 0 Å². The van der Waals surface area contributed by atoms with Gasteiger partial charge in [0.25, 0.3) is 0 Å². The van der Waals surface area contributed by atoms with Crippen LogP contribution in [0.5, 0.6) is 5.75 Å². The number of benzene rings is 1. The van der Waals surface area contributed by atoms with E-state index in [1.165, 1.54) is 0 Å². The molecule has 2 N–H and O–H groups in total. The van der Waals surface area contributed by atoms with Crippen LogP contribution >= 0.6 is 24.0 Å². The third-order valence-electron chi connectivity index (χ3n) is 4.18. The molecule has 3 aromatic rings. The summed E-state index contributed by atoms with van der Waals surface area (Å²) >= 11 is 0. The first-order chi connectivity index (χ1) is 13.2. The summed E-state index contributed by atoms with van der Waals surface area (Å²) in [5.74, 6) is 1.55. The predicted octanol–water partition coefficient (Wildman–Crippen LogP) is 3.69. The highest BCUT2D eigenvalue weighted by Crippen LogP contribution is 2.17. The molecule has 0 saturated carbocycles. The van der Waals surface area contributed by atoms with E-state index < -0.39 is 0 Å². The van der Waals surface area contributed by atoms with Crippen molar-refractivity contribution in [3.8, 4) is 5.75 Å². The van der Waals surface area contributed by atoms with E-state index in [1.807, 2.05) is 42.6 Å². The molecular weight excluding hydrogens is 465 g/mol. The fraction of sp³-hybridized carbons (Fsp3) is 0.238. The van der Waals surface area contributed by atoms with Gasteiger partial charge in [0.1, 0.15) is 18.0 Å². The highest BCUT2D eigenvalue weighted by Gasteiger charge is 2.06. The van der Waals surface area contributed by atoms with E-state index in [0.717, 1.165) is 28.3 Å². The van der Waals surface area contributed by atoms with Crippen LogP contribution in [0.2, 0.25) is 0 Å². The first-order valence-electron chi connectivity index (χ1n) is 8.91. The van der Waals surface area contributed by atoms with Gasteiger partial charge in [-0.25, -0.2) is 4.98 Å². The Kier molecular flexibility index (Phi) is 8.31. The molecule has 28 heavy (non-hydrogen) atoms. The van der Waals surface area contributed by atoms with Gasteiger partial charge in [0.15, 0.2) is 5.96 Å². The van der Waals surface area contributed by atoms with Gasteiger partial charge in [-0.2, -0.15) is 0 Å². The molecule has 148 valence electrons. The molecule has 2 heterocycles. The first-order valence-corrected chi connectivity index (χ1v) is 8.91. The molecule has 0 aliphatic carbocycles. The third-order valence-corrected chi connectivity index (χ3v) is 4.18. The van der Waals surface area contributed by atoms with E-state index in [1.54, 1.807) is 13.1 Å². The fourth-order valence-corrected chi connectivity index (χ4v) is 2.80. The van der Waals surface area contributed by atoms with E-state index in [4.69, 9.17) is 4.74 Å². The smallest absolute Gasteiger partial charge is 0.191 e. The molecule has 2 aromatic heterocycles. The van der Waals surface area contributed by atoms with Crippen molar-refractivity contribution in [3.05, 3.63) is 78.3 Å². The molecule has 7 heteroatoms. The summed E-state index contributed by atoms with van der Waals surface area (Å²) in [6, 6.07) is 14.0. The lowest BCUT2D eigenvalue weighted by Crippen LogP contribution is -2.36. The molecule has 3 rings (SSSR count). The molecule has 0 bridgehead atoms. The van der Waals surface area contributed by atoms with Crippen LogP contribution in [0.3, 0.4) is 0 Å². The zero-order chi connectivity index (χ0) is 19.1. The largest absolute Gasteiger partial charge is 0.489 e. The maximum atomic E-state index is 5.70. The number of nitrogens with one attached hydrogen (secondary N) is 2. The maximum absolute atomic E-state index is 5.70. The fourth-order valence-electron chi connectivity index (χ4n) is 2.80. The number of nitrogens with zero attached hydrogens (tertiary/aromatic N) is 3. The molecule has 6 nitrogen and oxygen atoms in total. The van der Waals surface area contributed by atoms with Crippen LogP contribution in [-0.2, 0) is 13.1 Å². The Bertz CT molecular complexity index is 951. The maximum Gasteiger partial charge on any atom is 0.191 e. The van der Waals surface area contributed by atoms with Crippen LogP contribution in [0.25, 0.3) is 5.65 Å². The predicted molar refractivity (Wildman–Crippen MR) is 125 cm³/mol. The molecule has 0 spiro atoms. The third kappa shape index (κ3) is 5.48. The highest BCUT2D eigenvalue weighted by atomic mass is 127. The molecule has 0 aliphatic heterocycles. The zero-order valence-corrected chi connectivity index (χ0v) is 18.5. The number of aryl methyl sites for hydroxylation is 1. The Morgan fingerprint density at radius 2 is 1.96 bits per heavy atom. The second-order valence-corrected chi connectivity index (χ2v) is 6.11. The number of rotatable bonds is 7. The van der Waals surface area contributed by atoms with Gasteiger partial charge in [0, 0.05) is 31.0 Å². The molecular formula is C21H26IN5O. The minimum absolute atomic E-state index is 0. The summed E-state index contributed by atoms with van der Waals surface area (Å²) in [4.78, 5) is 8.92. The van der Waals surface area contributed by atoms with Crippen LogP contribution < -0.4 is 15.4 Å².